The maximum Gasteiger partial charge on any atom is 0.0812 e. The first kappa shape index (κ1) is 15.7. The average molecular weight is 316 g/mol. The van der Waals surface area contributed by atoms with E-state index in [1.807, 2.05) is 24.3 Å². The summed E-state index contributed by atoms with van der Waals surface area (Å²) in [7, 11) is -1.07. The summed E-state index contributed by atoms with van der Waals surface area (Å²) in [4.78, 5) is 1.96. The van der Waals surface area contributed by atoms with E-state index >= 15 is 0 Å². The van der Waals surface area contributed by atoms with Crippen LogP contribution in [0, 0.1) is 18.8 Å². The predicted molar refractivity (Wildman–Crippen MR) is 91.1 cm³/mol. The molecule has 0 unspecified atom stereocenters. The molecule has 3 atom stereocenters. The van der Waals surface area contributed by atoms with Crippen LogP contribution in [0.25, 0.3) is 0 Å². The SMILES string of the molecule is CCCC[C@H]1C=C2COC[C@H]2C([S@@](=O)c2ccc(C)cc2)=C1. The zero-order valence-electron chi connectivity index (χ0n) is 13.4. The number of allylic oxidation sites excluding steroid dienone is 2. The first-order valence-corrected chi connectivity index (χ1v) is 9.32. The Kier molecular flexibility index (Phi) is 4.94. The largest absolute Gasteiger partial charge is 0.376 e. The van der Waals surface area contributed by atoms with Crippen LogP contribution in [0.4, 0.5) is 0 Å². The van der Waals surface area contributed by atoms with Gasteiger partial charge in [0.2, 0.25) is 0 Å². The highest BCUT2D eigenvalue weighted by atomic mass is 32.2. The summed E-state index contributed by atoms with van der Waals surface area (Å²) in [6.07, 6.45) is 8.14. The first-order valence-electron chi connectivity index (χ1n) is 8.17. The van der Waals surface area contributed by atoms with Gasteiger partial charge in [-0.15, -0.1) is 0 Å². The molecule has 0 aromatic heterocycles. The zero-order chi connectivity index (χ0) is 15.5. The number of ether oxygens (including phenoxy) is 1. The Morgan fingerprint density at radius 1 is 1.23 bits per heavy atom. The quantitative estimate of drug-likeness (QED) is 0.754. The molecule has 1 aromatic carbocycles. The highest BCUT2D eigenvalue weighted by Crippen LogP contribution is 2.38. The second kappa shape index (κ2) is 6.93. The van der Waals surface area contributed by atoms with Gasteiger partial charge in [0.1, 0.15) is 0 Å². The fourth-order valence-corrected chi connectivity index (χ4v) is 4.61. The van der Waals surface area contributed by atoms with Crippen LogP contribution < -0.4 is 0 Å². The predicted octanol–water partition coefficient (Wildman–Crippen LogP) is 4.38. The topological polar surface area (TPSA) is 26.3 Å². The number of fused-ring (bicyclic) bond motifs is 1. The molecule has 3 heteroatoms. The Balaban J connectivity index is 1.87. The van der Waals surface area contributed by atoms with Gasteiger partial charge in [0.25, 0.3) is 0 Å². The van der Waals surface area contributed by atoms with E-state index in [0.29, 0.717) is 19.1 Å². The smallest absolute Gasteiger partial charge is 0.0812 e. The monoisotopic (exact) mass is 316 g/mol. The summed E-state index contributed by atoms with van der Waals surface area (Å²) in [5, 5.41) is 0. The molecule has 0 spiro atoms. The van der Waals surface area contributed by atoms with Gasteiger partial charge in [0.15, 0.2) is 0 Å². The number of rotatable bonds is 5. The van der Waals surface area contributed by atoms with Gasteiger partial charge >= 0.3 is 0 Å². The van der Waals surface area contributed by atoms with Gasteiger partial charge in [-0.05, 0) is 37.0 Å². The van der Waals surface area contributed by atoms with Gasteiger partial charge in [-0.2, -0.15) is 0 Å². The molecule has 3 rings (SSSR count). The molecular formula is C19H24O2S. The summed E-state index contributed by atoms with van der Waals surface area (Å²) >= 11 is 0. The molecule has 1 fully saturated rings. The van der Waals surface area contributed by atoms with E-state index in [9.17, 15) is 4.21 Å². The van der Waals surface area contributed by atoms with Crippen LogP contribution in [0.5, 0.6) is 0 Å². The second-order valence-corrected chi connectivity index (χ2v) is 7.75. The zero-order valence-corrected chi connectivity index (χ0v) is 14.2. The Hall–Kier alpha value is -1.19. The highest BCUT2D eigenvalue weighted by Gasteiger charge is 2.33. The van der Waals surface area contributed by atoms with Crippen LogP contribution >= 0.6 is 0 Å². The molecule has 22 heavy (non-hydrogen) atoms. The Morgan fingerprint density at radius 2 is 2.00 bits per heavy atom. The van der Waals surface area contributed by atoms with Crippen molar-refractivity contribution in [2.45, 2.75) is 38.0 Å². The summed E-state index contributed by atoms with van der Waals surface area (Å²) in [5.41, 5.74) is 2.53. The van der Waals surface area contributed by atoms with E-state index < -0.39 is 10.8 Å². The van der Waals surface area contributed by atoms with Crippen molar-refractivity contribution in [2.24, 2.45) is 11.8 Å². The fraction of sp³-hybridized carbons (Fsp3) is 0.474. The first-order chi connectivity index (χ1) is 10.7. The normalized spacial score (nSPS) is 25.4. The van der Waals surface area contributed by atoms with E-state index in [4.69, 9.17) is 4.74 Å². The van der Waals surface area contributed by atoms with Crippen LogP contribution in [0.3, 0.4) is 0 Å². The molecule has 118 valence electrons. The van der Waals surface area contributed by atoms with Crippen molar-refractivity contribution in [3.8, 4) is 0 Å². The summed E-state index contributed by atoms with van der Waals surface area (Å²) in [5.74, 6) is 0.636. The van der Waals surface area contributed by atoms with Crippen LogP contribution in [-0.2, 0) is 15.5 Å². The van der Waals surface area contributed by atoms with Gasteiger partial charge in [-0.1, -0.05) is 49.6 Å². The van der Waals surface area contributed by atoms with Crippen molar-refractivity contribution in [2.75, 3.05) is 13.2 Å². The Morgan fingerprint density at radius 3 is 2.73 bits per heavy atom. The van der Waals surface area contributed by atoms with Crippen molar-refractivity contribution in [1.29, 1.82) is 0 Å². The maximum atomic E-state index is 13.0. The fourth-order valence-electron chi connectivity index (χ4n) is 3.18. The number of unbranched alkanes of at least 4 members (excludes halogenated alkanes) is 1. The lowest BCUT2D eigenvalue weighted by molar-refractivity contribution is 0.195. The Labute approximate surface area is 135 Å². The molecule has 1 saturated heterocycles. The highest BCUT2D eigenvalue weighted by molar-refractivity contribution is 7.89. The molecule has 0 bridgehead atoms. The van der Waals surface area contributed by atoms with Crippen LogP contribution in [0.2, 0.25) is 0 Å². The minimum Gasteiger partial charge on any atom is -0.376 e. The van der Waals surface area contributed by atoms with Gasteiger partial charge in [0, 0.05) is 15.7 Å². The van der Waals surface area contributed by atoms with Crippen molar-refractivity contribution in [1.82, 2.24) is 0 Å². The van der Waals surface area contributed by atoms with Gasteiger partial charge < -0.3 is 4.74 Å². The van der Waals surface area contributed by atoms with Crippen molar-refractivity contribution in [3.63, 3.8) is 0 Å². The molecule has 1 aliphatic carbocycles. The van der Waals surface area contributed by atoms with Gasteiger partial charge in [0.05, 0.1) is 24.0 Å². The molecule has 0 saturated carbocycles. The summed E-state index contributed by atoms with van der Waals surface area (Å²) < 4.78 is 18.7. The lowest BCUT2D eigenvalue weighted by atomic mass is 9.88. The van der Waals surface area contributed by atoms with E-state index in [0.717, 1.165) is 16.2 Å². The third-order valence-corrected chi connectivity index (χ3v) is 6.04. The van der Waals surface area contributed by atoms with E-state index in [2.05, 4.69) is 26.0 Å². The molecule has 0 amide bonds. The van der Waals surface area contributed by atoms with Gasteiger partial charge in [-0.3, -0.25) is 0 Å². The standard InChI is InChI=1S/C19H24O2S/c1-3-4-5-15-10-16-12-21-13-18(16)19(11-15)22(20)17-8-6-14(2)7-9-17/h6-11,15,18H,3-5,12-13H2,1-2H3/t15-,18+,22-/m0/s1. The van der Waals surface area contributed by atoms with Crippen molar-refractivity contribution in [3.05, 3.63) is 52.5 Å². The second-order valence-electron chi connectivity index (χ2n) is 6.27. The van der Waals surface area contributed by atoms with E-state index in [-0.39, 0.29) is 5.92 Å². The van der Waals surface area contributed by atoms with E-state index in [1.165, 1.54) is 24.0 Å². The lowest BCUT2D eigenvalue weighted by Crippen LogP contribution is -2.17. The number of hydrogen-bond donors (Lipinski definition) is 0. The minimum atomic E-state index is -1.07. The molecule has 2 aliphatic rings. The average Bonchev–Trinajstić information content (AvgIpc) is 3.00. The molecule has 1 heterocycles. The number of aryl methyl sites for hydroxylation is 1. The van der Waals surface area contributed by atoms with Gasteiger partial charge in [-0.25, -0.2) is 4.21 Å². The number of benzene rings is 1. The summed E-state index contributed by atoms with van der Waals surface area (Å²) in [6.45, 7) is 5.65. The third-order valence-electron chi connectivity index (χ3n) is 4.49. The lowest BCUT2D eigenvalue weighted by Gasteiger charge is -2.23. The molecule has 0 N–H and O–H groups in total. The third kappa shape index (κ3) is 3.26. The molecule has 1 aromatic rings. The van der Waals surface area contributed by atoms with Crippen LogP contribution in [0.15, 0.2) is 51.8 Å². The maximum absolute atomic E-state index is 13.0. The minimum absolute atomic E-state index is 0.222. The van der Waals surface area contributed by atoms with Crippen LogP contribution in [-0.4, -0.2) is 17.4 Å². The Bertz CT molecular complexity index is 613. The summed E-state index contributed by atoms with van der Waals surface area (Å²) in [6, 6.07) is 8.04. The van der Waals surface area contributed by atoms with Crippen LogP contribution in [0.1, 0.15) is 31.7 Å². The molecule has 1 aliphatic heterocycles. The molecule has 2 nitrogen and oxygen atoms in total. The molecule has 0 radical (unpaired) electrons. The van der Waals surface area contributed by atoms with Crippen molar-refractivity contribution < 1.29 is 8.95 Å². The van der Waals surface area contributed by atoms with E-state index in [1.54, 1.807) is 0 Å². The molecular weight excluding hydrogens is 292 g/mol. The number of hydrogen-bond acceptors (Lipinski definition) is 2. The van der Waals surface area contributed by atoms with Crippen molar-refractivity contribution >= 4 is 10.8 Å².